The molecule has 3 rings (SSSR count). The van der Waals surface area contributed by atoms with E-state index in [0.717, 1.165) is 6.07 Å². The van der Waals surface area contributed by atoms with Crippen molar-refractivity contribution in [3.8, 4) is 11.5 Å². The summed E-state index contributed by atoms with van der Waals surface area (Å²) in [5, 5.41) is 4.51. The zero-order valence-corrected chi connectivity index (χ0v) is 16.5. The molecule has 0 saturated carbocycles. The number of benzene rings is 2. The van der Waals surface area contributed by atoms with Crippen molar-refractivity contribution < 1.29 is 22.6 Å². The third kappa shape index (κ3) is 4.71. The summed E-state index contributed by atoms with van der Waals surface area (Å²) in [7, 11) is 1.40. The Balaban J connectivity index is 2.02. The van der Waals surface area contributed by atoms with Crippen LogP contribution >= 0.6 is 11.6 Å². The first-order valence-electron chi connectivity index (χ1n) is 8.67. The van der Waals surface area contributed by atoms with Gasteiger partial charge in [-0.25, -0.2) is 14.1 Å². The molecular formula is C20H19ClF3N3O2. The Hall–Kier alpha value is -2.58. The van der Waals surface area contributed by atoms with Crippen LogP contribution in [0.25, 0.3) is 0 Å². The number of alkyl halides is 3. The lowest BCUT2D eigenvalue weighted by atomic mass is 9.88. The summed E-state index contributed by atoms with van der Waals surface area (Å²) in [5.74, 6) is -3.18. The minimum Gasteiger partial charge on any atom is -0.457 e. The lowest BCUT2D eigenvalue weighted by Crippen LogP contribution is -2.34. The van der Waals surface area contributed by atoms with Crippen molar-refractivity contribution in [2.45, 2.75) is 25.0 Å². The zero-order valence-electron chi connectivity index (χ0n) is 15.8. The standard InChI is InChI=1S/C20H19ClF3N3O2/c1-19(28-2,11-27-13-25-12-26-27)17-8-7-16(9-18(17)20(23,24)10-22)29-15-5-3-14(21)4-6-15/h3-9,12-13H,10-11H2,1-2H3. The first-order chi connectivity index (χ1) is 13.8. The van der Waals surface area contributed by atoms with E-state index in [0.29, 0.717) is 10.8 Å². The van der Waals surface area contributed by atoms with Gasteiger partial charge in [-0.15, -0.1) is 0 Å². The smallest absolute Gasteiger partial charge is 0.301 e. The second-order valence-electron chi connectivity index (χ2n) is 6.63. The Morgan fingerprint density at radius 3 is 2.34 bits per heavy atom. The summed E-state index contributed by atoms with van der Waals surface area (Å²) in [4.78, 5) is 3.85. The Morgan fingerprint density at radius 2 is 1.76 bits per heavy atom. The van der Waals surface area contributed by atoms with Gasteiger partial charge in [-0.3, -0.25) is 0 Å². The largest absolute Gasteiger partial charge is 0.457 e. The fourth-order valence-electron chi connectivity index (χ4n) is 2.94. The van der Waals surface area contributed by atoms with Gasteiger partial charge in [0.05, 0.1) is 6.54 Å². The van der Waals surface area contributed by atoms with Crippen LogP contribution in [0.3, 0.4) is 0 Å². The maximum Gasteiger partial charge on any atom is 0.301 e. The number of nitrogens with zero attached hydrogens (tertiary/aromatic N) is 3. The van der Waals surface area contributed by atoms with E-state index in [2.05, 4.69) is 10.1 Å². The summed E-state index contributed by atoms with van der Waals surface area (Å²) < 4.78 is 54.9. The van der Waals surface area contributed by atoms with Crippen molar-refractivity contribution in [1.82, 2.24) is 14.8 Å². The van der Waals surface area contributed by atoms with Crippen LogP contribution in [0.5, 0.6) is 11.5 Å². The summed E-state index contributed by atoms with van der Waals surface area (Å²) in [6.45, 7) is -0.120. The van der Waals surface area contributed by atoms with Crippen LogP contribution < -0.4 is 4.74 Å². The van der Waals surface area contributed by atoms with Gasteiger partial charge in [0, 0.05) is 17.7 Å². The molecule has 0 saturated heterocycles. The highest BCUT2D eigenvalue weighted by molar-refractivity contribution is 6.30. The molecule has 5 nitrogen and oxygen atoms in total. The van der Waals surface area contributed by atoms with Crippen molar-refractivity contribution >= 4 is 11.6 Å². The maximum absolute atomic E-state index is 14.5. The number of ether oxygens (including phenoxy) is 2. The zero-order chi connectivity index (χ0) is 21.1. The summed E-state index contributed by atoms with van der Waals surface area (Å²) in [6, 6.07) is 10.5. The molecule has 1 aromatic heterocycles. The molecule has 9 heteroatoms. The Labute approximate surface area is 171 Å². The van der Waals surface area contributed by atoms with Crippen molar-refractivity contribution in [1.29, 1.82) is 0 Å². The minimum atomic E-state index is -3.73. The minimum absolute atomic E-state index is 0.107. The van der Waals surface area contributed by atoms with Crippen molar-refractivity contribution in [2.75, 3.05) is 13.8 Å². The molecule has 0 aliphatic carbocycles. The van der Waals surface area contributed by atoms with Gasteiger partial charge in [-0.2, -0.15) is 13.9 Å². The fraction of sp³-hybridized carbons (Fsp3) is 0.300. The number of hydrogen-bond acceptors (Lipinski definition) is 4. The topological polar surface area (TPSA) is 49.2 Å². The molecule has 0 aliphatic rings. The first-order valence-corrected chi connectivity index (χ1v) is 9.05. The SMILES string of the molecule is COC(C)(Cn1cncn1)c1ccc(Oc2ccc(Cl)cc2)cc1C(F)(F)CF. The Morgan fingerprint density at radius 1 is 1.07 bits per heavy atom. The van der Waals surface area contributed by atoms with Gasteiger partial charge >= 0.3 is 5.92 Å². The Kier molecular flexibility index (Phi) is 6.14. The van der Waals surface area contributed by atoms with E-state index in [9.17, 15) is 13.2 Å². The molecule has 0 radical (unpaired) electrons. The second kappa shape index (κ2) is 8.42. The quantitative estimate of drug-likeness (QED) is 0.488. The van der Waals surface area contributed by atoms with Crippen LogP contribution in [0.15, 0.2) is 55.1 Å². The molecule has 29 heavy (non-hydrogen) atoms. The second-order valence-corrected chi connectivity index (χ2v) is 7.07. The molecule has 1 unspecified atom stereocenters. The molecule has 3 aromatic rings. The normalized spacial score (nSPS) is 13.9. The van der Waals surface area contributed by atoms with E-state index < -0.39 is 23.8 Å². The van der Waals surface area contributed by atoms with Gasteiger partial charge in [-0.1, -0.05) is 17.7 Å². The molecule has 2 aromatic carbocycles. The monoisotopic (exact) mass is 425 g/mol. The average Bonchev–Trinajstić information content (AvgIpc) is 3.22. The van der Waals surface area contributed by atoms with E-state index in [-0.39, 0.29) is 17.9 Å². The molecule has 0 N–H and O–H groups in total. The van der Waals surface area contributed by atoms with Crippen molar-refractivity contribution in [2.24, 2.45) is 0 Å². The number of hydrogen-bond donors (Lipinski definition) is 0. The fourth-order valence-corrected chi connectivity index (χ4v) is 3.07. The number of halogens is 4. The molecule has 0 spiro atoms. The molecule has 0 aliphatic heterocycles. The van der Waals surface area contributed by atoms with Crippen LogP contribution in [0.2, 0.25) is 5.02 Å². The van der Waals surface area contributed by atoms with Crippen LogP contribution in [0.4, 0.5) is 13.2 Å². The predicted octanol–water partition coefficient (Wildman–Crippen LogP) is 5.35. The summed E-state index contributed by atoms with van der Waals surface area (Å²) >= 11 is 5.84. The van der Waals surface area contributed by atoms with Crippen LogP contribution in [-0.2, 0) is 22.8 Å². The van der Waals surface area contributed by atoms with E-state index >= 15 is 0 Å². The molecule has 0 fully saturated rings. The lowest BCUT2D eigenvalue weighted by Gasteiger charge is -2.32. The van der Waals surface area contributed by atoms with E-state index in [4.69, 9.17) is 21.1 Å². The van der Waals surface area contributed by atoms with Gasteiger partial charge in [0.15, 0.2) is 6.67 Å². The summed E-state index contributed by atoms with van der Waals surface area (Å²) in [6.07, 6.45) is 2.78. The number of methoxy groups -OCH3 is 1. The Bertz CT molecular complexity index is 952. The number of aromatic nitrogens is 3. The van der Waals surface area contributed by atoms with Crippen LogP contribution in [0.1, 0.15) is 18.1 Å². The molecule has 1 heterocycles. The molecular weight excluding hydrogens is 407 g/mol. The van der Waals surface area contributed by atoms with Crippen LogP contribution in [-0.4, -0.2) is 28.5 Å². The van der Waals surface area contributed by atoms with Gasteiger partial charge in [0.2, 0.25) is 0 Å². The highest BCUT2D eigenvalue weighted by Gasteiger charge is 2.40. The van der Waals surface area contributed by atoms with Gasteiger partial charge in [-0.05, 0) is 48.9 Å². The van der Waals surface area contributed by atoms with Gasteiger partial charge in [0.1, 0.15) is 29.8 Å². The third-order valence-electron chi connectivity index (χ3n) is 4.55. The van der Waals surface area contributed by atoms with Crippen molar-refractivity contribution in [3.63, 3.8) is 0 Å². The predicted molar refractivity (Wildman–Crippen MR) is 102 cm³/mol. The van der Waals surface area contributed by atoms with Gasteiger partial charge in [0.25, 0.3) is 0 Å². The van der Waals surface area contributed by atoms with Gasteiger partial charge < -0.3 is 9.47 Å². The molecule has 0 bridgehead atoms. The van der Waals surface area contributed by atoms with Crippen LogP contribution in [0, 0.1) is 0 Å². The molecule has 154 valence electrons. The first kappa shape index (κ1) is 21.1. The molecule has 0 amide bonds. The van der Waals surface area contributed by atoms with Crippen molar-refractivity contribution in [3.05, 3.63) is 71.3 Å². The number of rotatable bonds is 8. The molecule has 1 atom stereocenters. The lowest BCUT2D eigenvalue weighted by molar-refractivity contribution is -0.0458. The van der Waals surface area contributed by atoms with E-state index in [1.807, 2.05) is 0 Å². The third-order valence-corrected chi connectivity index (χ3v) is 4.80. The highest BCUT2D eigenvalue weighted by Crippen LogP contribution is 2.41. The average molecular weight is 426 g/mol. The van der Waals surface area contributed by atoms with E-state index in [1.165, 1.54) is 36.6 Å². The highest BCUT2D eigenvalue weighted by atomic mass is 35.5. The maximum atomic E-state index is 14.5. The van der Waals surface area contributed by atoms with E-state index in [1.54, 1.807) is 31.2 Å². The summed E-state index contributed by atoms with van der Waals surface area (Å²) in [5.41, 5.74) is -1.60.